The van der Waals surface area contributed by atoms with Gasteiger partial charge >= 0.3 is 0 Å². The zero-order chi connectivity index (χ0) is 31.1. The van der Waals surface area contributed by atoms with Crippen LogP contribution < -0.4 is 10.7 Å². The van der Waals surface area contributed by atoms with Gasteiger partial charge in [0.1, 0.15) is 5.58 Å². The molecule has 0 fully saturated rings. The number of hydrogen-bond donors (Lipinski definition) is 3. The highest BCUT2D eigenvalue weighted by atomic mass is 32.2. The summed E-state index contributed by atoms with van der Waals surface area (Å²) in [6.45, 7) is 9.33. The normalized spacial score (nSPS) is 13.8. The molecule has 230 valence electrons. The average molecular weight is 601 g/mol. The van der Waals surface area contributed by atoms with Gasteiger partial charge in [-0.3, -0.25) is 15.0 Å². The number of aliphatic hydroxyl groups excluding tert-OH is 1. The van der Waals surface area contributed by atoms with E-state index in [4.69, 9.17) is 4.42 Å². The van der Waals surface area contributed by atoms with Crippen molar-refractivity contribution in [1.29, 1.82) is 0 Å². The van der Waals surface area contributed by atoms with Crippen LogP contribution in [0.2, 0.25) is 0 Å². The van der Waals surface area contributed by atoms with Gasteiger partial charge in [0.2, 0.25) is 15.9 Å². The minimum absolute atomic E-state index is 0.0439. The van der Waals surface area contributed by atoms with E-state index in [0.29, 0.717) is 11.0 Å². The molecule has 0 spiro atoms. The number of sulfonamides is 1. The van der Waals surface area contributed by atoms with E-state index in [1.54, 1.807) is 25.2 Å². The van der Waals surface area contributed by atoms with E-state index in [2.05, 4.69) is 10.7 Å². The molecule has 2 amide bonds. The Balaban J connectivity index is 2.03. The van der Waals surface area contributed by atoms with Crippen molar-refractivity contribution in [1.82, 2.24) is 20.1 Å². The lowest BCUT2D eigenvalue weighted by atomic mass is 9.91. The number of likely N-dealkylation sites (N-methyl/N-ethyl adjacent to an activating group) is 1. The Bertz CT molecular complexity index is 1430. The van der Waals surface area contributed by atoms with Crippen LogP contribution in [0.3, 0.4) is 0 Å². The van der Waals surface area contributed by atoms with Gasteiger partial charge < -0.3 is 14.8 Å². The van der Waals surface area contributed by atoms with E-state index in [9.17, 15) is 23.1 Å². The molecule has 1 heterocycles. The number of nitrogens with one attached hydrogen (secondary N) is 2. The number of hydrogen-bond acceptors (Lipinski definition) is 7. The fourth-order valence-corrected chi connectivity index (χ4v) is 6.38. The van der Waals surface area contributed by atoms with Crippen LogP contribution in [0.1, 0.15) is 46.6 Å². The molecular formula is C31H44N4O6S. The van der Waals surface area contributed by atoms with Crippen LogP contribution >= 0.6 is 0 Å². The summed E-state index contributed by atoms with van der Waals surface area (Å²) in [5, 5.41) is 16.4. The summed E-state index contributed by atoms with van der Waals surface area (Å²) in [6.07, 6.45) is 0.448. The first kappa shape index (κ1) is 33.3. The second-order valence-electron chi connectivity index (χ2n) is 12.2. The number of benzene rings is 2. The lowest BCUT2D eigenvalue weighted by Gasteiger charge is -2.38. The second kappa shape index (κ2) is 14.3. The van der Waals surface area contributed by atoms with E-state index in [1.165, 1.54) is 21.6 Å². The third-order valence-electron chi connectivity index (χ3n) is 6.62. The molecule has 2 aromatic carbocycles. The van der Waals surface area contributed by atoms with Gasteiger partial charge in [0.05, 0.1) is 29.8 Å². The third-order valence-corrected chi connectivity index (χ3v) is 8.44. The molecule has 3 aromatic rings. The molecular weight excluding hydrogens is 556 g/mol. The quantitative estimate of drug-likeness (QED) is 0.256. The van der Waals surface area contributed by atoms with Crippen molar-refractivity contribution >= 4 is 32.8 Å². The molecule has 1 unspecified atom stereocenters. The summed E-state index contributed by atoms with van der Waals surface area (Å²) in [4.78, 5) is 26.5. The highest BCUT2D eigenvalue weighted by molar-refractivity contribution is 7.89. The Morgan fingerprint density at radius 3 is 2.33 bits per heavy atom. The molecule has 0 aliphatic rings. The van der Waals surface area contributed by atoms with Gasteiger partial charge in [0.15, 0.2) is 0 Å². The number of nitrogens with zero attached hydrogens (tertiary/aromatic N) is 2. The molecule has 10 nitrogen and oxygen atoms in total. The summed E-state index contributed by atoms with van der Waals surface area (Å²) in [5.74, 6) is -0.883. The summed E-state index contributed by atoms with van der Waals surface area (Å²) in [5.41, 5.74) is 3.68. The van der Waals surface area contributed by atoms with Crippen LogP contribution in [-0.4, -0.2) is 73.5 Å². The first-order chi connectivity index (χ1) is 19.7. The van der Waals surface area contributed by atoms with Crippen molar-refractivity contribution < 1.29 is 27.5 Å². The Kier molecular flexibility index (Phi) is 11.3. The fraction of sp³-hybridized carbons (Fsp3) is 0.484. The number of amides is 2. The van der Waals surface area contributed by atoms with E-state index in [0.717, 1.165) is 5.56 Å². The van der Waals surface area contributed by atoms with Crippen LogP contribution in [-0.2, 0) is 26.0 Å². The van der Waals surface area contributed by atoms with Gasteiger partial charge in [-0.1, -0.05) is 65.0 Å². The Morgan fingerprint density at radius 1 is 1.02 bits per heavy atom. The number of hydrazine groups is 1. The minimum atomic E-state index is -4.04. The number of fused-ring (bicyclic) bond motifs is 1. The molecule has 0 saturated heterocycles. The standard InChI is InChI=1S/C31H44N4O6S/c1-22(2)20-34(42(39,40)25-12-13-28-24(17-25)14-15-41-28)21-27(36)26(16-23-10-8-7-9-11-23)35(33-29(37)19-32-6)30(38)18-31(3,4)5/h7-15,17,22,26-27,32,36H,16,18-21H2,1-6H3,(H,33,37)/t26?,27-/m1/s1. The Labute approximate surface area is 249 Å². The molecule has 42 heavy (non-hydrogen) atoms. The van der Waals surface area contributed by atoms with Crippen LogP contribution in [0, 0.1) is 11.3 Å². The lowest BCUT2D eigenvalue weighted by Crippen LogP contribution is -2.60. The first-order valence-electron chi connectivity index (χ1n) is 14.2. The van der Waals surface area contributed by atoms with Crippen LogP contribution in [0.5, 0.6) is 0 Å². The van der Waals surface area contributed by atoms with Crippen LogP contribution in [0.4, 0.5) is 0 Å². The van der Waals surface area contributed by atoms with Gasteiger partial charge in [0, 0.05) is 24.9 Å². The summed E-state index contributed by atoms with van der Waals surface area (Å²) in [6, 6.07) is 14.7. The number of furan rings is 1. The second-order valence-corrected chi connectivity index (χ2v) is 14.2. The van der Waals surface area contributed by atoms with Crippen LogP contribution in [0.15, 0.2) is 70.2 Å². The highest BCUT2D eigenvalue weighted by Gasteiger charge is 2.37. The molecule has 0 saturated carbocycles. The fourth-order valence-electron chi connectivity index (χ4n) is 4.72. The predicted molar refractivity (Wildman–Crippen MR) is 163 cm³/mol. The van der Waals surface area contributed by atoms with Crippen molar-refractivity contribution in [3.63, 3.8) is 0 Å². The highest BCUT2D eigenvalue weighted by Crippen LogP contribution is 2.26. The SMILES string of the molecule is CNCC(=O)NN(C(=O)CC(C)(C)C)C(Cc1ccccc1)[C@H](O)CN(CC(C)C)S(=O)(=O)c1ccc2occc2c1. The van der Waals surface area contributed by atoms with Crippen molar-refractivity contribution in [2.75, 3.05) is 26.7 Å². The zero-order valence-corrected chi connectivity index (χ0v) is 26.1. The molecule has 11 heteroatoms. The van der Waals surface area contributed by atoms with E-state index < -0.39 is 33.5 Å². The van der Waals surface area contributed by atoms with Gasteiger partial charge in [-0.25, -0.2) is 13.4 Å². The molecule has 0 bridgehead atoms. The smallest absolute Gasteiger partial charge is 0.252 e. The maximum atomic E-state index is 13.9. The van der Waals surface area contributed by atoms with Gasteiger partial charge in [-0.05, 0) is 54.6 Å². The minimum Gasteiger partial charge on any atom is -0.464 e. The molecule has 2 atom stereocenters. The number of carbonyl (C=O) groups excluding carboxylic acids is 2. The molecule has 3 N–H and O–H groups in total. The van der Waals surface area contributed by atoms with Crippen LogP contribution in [0.25, 0.3) is 11.0 Å². The molecule has 0 aliphatic carbocycles. The zero-order valence-electron chi connectivity index (χ0n) is 25.3. The Hall–Kier alpha value is -3.25. The summed E-state index contributed by atoms with van der Waals surface area (Å²) in [7, 11) is -2.42. The molecule has 0 radical (unpaired) electrons. The van der Waals surface area contributed by atoms with E-state index in [1.807, 2.05) is 65.0 Å². The predicted octanol–water partition coefficient (Wildman–Crippen LogP) is 3.57. The largest absolute Gasteiger partial charge is 0.464 e. The number of carbonyl (C=O) groups is 2. The van der Waals surface area contributed by atoms with Crippen molar-refractivity contribution in [3.8, 4) is 0 Å². The summed E-state index contributed by atoms with van der Waals surface area (Å²) < 4.78 is 34.5. The average Bonchev–Trinajstić information content (AvgIpc) is 3.38. The Morgan fingerprint density at radius 2 is 1.71 bits per heavy atom. The monoisotopic (exact) mass is 600 g/mol. The maximum Gasteiger partial charge on any atom is 0.252 e. The van der Waals surface area contributed by atoms with Crippen molar-refractivity contribution in [3.05, 3.63) is 66.4 Å². The topological polar surface area (TPSA) is 132 Å². The van der Waals surface area contributed by atoms with Gasteiger partial charge in [-0.2, -0.15) is 4.31 Å². The third kappa shape index (κ3) is 9.12. The summed E-state index contributed by atoms with van der Waals surface area (Å²) >= 11 is 0. The van der Waals surface area contributed by atoms with Crippen molar-refractivity contribution in [2.24, 2.45) is 11.3 Å². The van der Waals surface area contributed by atoms with Gasteiger partial charge in [0.25, 0.3) is 5.91 Å². The van der Waals surface area contributed by atoms with E-state index >= 15 is 0 Å². The molecule has 0 aliphatic heterocycles. The first-order valence-corrected chi connectivity index (χ1v) is 15.6. The van der Waals surface area contributed by atoms with Gasteiger partial charge in [-0.15, -0.1) is 0 Å². The lowest BCUT2D eigenvalue weighted by molar-refractivity contribution is -0.149. The molecule has 1 aromatic heterocycles. The number of aliphatic hydroxyl groups is 1. The van der Waals surface area contributed by atoms with E-state index in [-0.39, 0.29) is 49.2 Å². The maximum absolute atomic E-state index is 13.9. The molecule has 3 rings (SSSR count). The number of rotatable bonds is 13. The van der Waals surface area contributed by atoms with Crippen molar-refractivity contribution in [2.45, 2.75) is 64.5 Å².